The predicted octanol–water partition coefficient (Wildman–Crippen LogP) is 4.79. The third-order valence-corrected chi connectivity index (χ3v) is 3.09. The molecule has 0 saturated carbocycles. The molecule has 1 unspecified atom stereocenters. The van der Waals surface area contributed by atoms with Crippen LogP contribution in [-0.2, 0) is 12.8 Å². The van der Waals surface area contributed by atoms with Crippen LogP contribution in [0, 0.1) is 5.92 Å². The Hall–Kier alpha value is -1.24. The Balaban J connectivity index is 2.79. The second-order valence-electron chi connectivity index (χ2n) is 4.84. The number of aryl methyl sites for hydroxylation is 1. The van der Waals surface area contributed by atoms with Crippen molar-refractivity contribution in [3.05, 3.63) is 41.5 Å². The Bertz CT molecular complexity index is 379. The van der Waals surface area contributed by atoms with Gasteiger partial charge in [0.25, 0.3) is 0 Å². The van der Waals surface area contributed by atoms with E-state index in [4.69, 9.17) is 4.74 Å². The maximum absolute atomic E-state index is 5.69. The topological polar surface area (TPSA) is 9.23 Å². The maximum atomic E-state index is 5.69. The summed E-state index contributed by atoms with van der Waals surface area (Å²) < 4.78 is 5.69. The van der Waals surface area contributed by atoms with Crippen LogP contribution in [-0.4, -0.2) is 6.61 Å². The van der Waals surface area contributed by atoms with Gasteiger partial charge in [0.1, 0.15) is 5.75 Å². The second kappa shape index (κ2) is 7.97. The molecule has 0 spiro atoms. The van der Waals surface area contributed by atoms with Gasteiger partial charge in [0.05, 0.1) is 6.61 Å². The van der Waals surface area contributed by atoms with Crippen molar-refractivity contribution in [1.29, 1.82) is 0 Å². The number of benzene rings is 1. The van der Waals surface area contributed by atoms with Crippen LogP contribution in [0.5, 0.6) is 5.75 Å². The highest BCUT2D eigenvalue weighted by Gasteiger charge is 2.06. The lowest BCUT2D eigenvalue weighted by Gasteiger charge is -2.13. The summed E-state index contributed by atoms with van der Waals surface area (Å²) in [5.41, 5.74) is 2.87. The molecule has 1 rings (SSSR count). The Kier molecular flexibility index (Phi) is 6.56. The normalized spacial score (nSPS) is 12.9. The minimum Gasteiger partial charge on any atom is -0.494 e. The lowest BCUT2D eigenvalue weighted by molar-refractivity contribution is 0.317. The van der Waals surface area contributed by atoms with Crippen molar-refractivity contribution in [1.82, 2.24) is 0 Å². The fourth-order valence-corrected chi connectivity index (χ4v) is 2.18. The molecule has 1 aromatic rings. The van der Waals surface area contributed by atoms with E-state index in [1.54, 1.807) is 0 Å². The SMILES string of the molecule is C/C=C\C(C)Cc1ccc(OCCC)cc1CC. The first-order valence-corrected chi connectivity index (χ1v) is 7.08. The van der Waals surface area contributed by atoms with E-state index in [1.807, 2.05) is 0 Å². The molecule has 0 N–H and O–H groups in total. The highest BCUT2D eigenvalue weighted by Crippen LogP contribution is 2.21. The van der Waals surface area contributed by atoms with Crippen LogP contribution >= 0.6 is 0 Å². The fraction of sp³-hybridized carbons (Fsp3) is 0.529. The van der Waals surface area contributed by atoms with E-state index >= 15 is 0 Å². The maximum Gasteiger partial charge on any atom is 0.119 e. The zero-order chi connectivity index (χ0) is 13.4. The summed E-state index contributed by atoms with van der Waals surface area (Å²) in [6.07, 6.45) is 7.64. The van der Waals surface area contributed by atoms with Crippen LogP contribution in [0.3, 0.4) is 0 Å². The van der Waals surface area contributed by atoms with Crippen molar-refractivity contribution in [2.45, 2.75) is 47.0 Å². The average molecular weight is 246 g/mol. The molecule has 1 atom stereocenters. The van der Waals surface area contributed by atoms with Crippen molar-refractivity contribution >= 4 is 0 Å². The van der Waals surface area contributed by atoms with Gasteiger partial charge in [-0.3, -0.25) is 0 Å². The van der Waals surface area contributed by atoms with E-state index in [1.165, 1.54) is 11.1 Å². The van der Waals surface area contributed by atoms with Crippen molar-refractivity contribution in [2.24, 2.45) is 5.92 Å². The Morgan fingerprint density at radius 3 is 2.61 bits per heavy atom. The monoisotopic (exact) mass is 246 g/mol. The molecule has 0 saturated heterocycles. The molecular formula is C17H26O. The Labute approximate surface area is 112 Å². The highest BCUT2D eigenvalue weighted by molar-refractivity contribution is 5.36. The molecule has 1 nitrogen and oxygen atoms in total. The minimum atomic E-state index is 0.600. The summed E-state index contributed by atoms with van der Waals surface area (Å²) in [5, 5.41) is 0. The molecule has 0 heterocycles. The van der Waals surface area contributed by atoms with Gasteiger partial charge in [-0.25, -0.2) is 0 Å². The van der Waals surface area contributed by atoms with E-state index in [0.29, 0.717) is 5.92 Å². The molecule has 18 heavy (non-hydrogen) atoms. The van der Waals surface area contributed by atoms with Crippen molar-refractivity contribution in [3.63, 3.8) is 0 Å². The molecule has 1 aromatic carbocycles. The third kappa shape index (κ3) is 4.56. The number of hydrogen-bond acceptors (Lipinski definition) is 1. The zero-order valence-corrected chi connectivity index (χ0v) is 12.2. The summed E-state index contributed by atoms with van der Waals surface area (Å²) in [4.78, 5) is 0. The van der Waals surface area contributed by atoms with E-state index in [0.717, 1.165) is 31.6 Å². The van der Waals surface area contributed by atoms with Gasteiger partial charge >= 0.3 is 0 Å². The van der Waals surface area contributed by atoms with Crippen LogP contribution < -0.4 is 4.74 Å². The van der Waals surface area contributed by atoms with Crippen molar-refractivity contribution in [3.8, 4) is 5.75 Å². The number of allylic oxidation sites excluding steroid dienone is 2. The molecule has 0 aliphatic rings. The van der Waals surface area contributed by atoms with Crippen LogP contribution in [0.4, 0.5) is 0 Å². The zero-order valence-electron chi connectivity index (χ0n) is 12.2. The standard InChI is InChI=1S/C17H26O/c1-5-8-14(4)12-16-9-10-17(18-11-6-2)13-15(16)7-3/h5,8-10,13-14H,6-7,11-12H2,1-4H3/b8-5-. The van der Waals surface area contributed by atoms with Gasteiger partial charge in [-0.1, -0.05) is 39.0 Å². The summed E-state index contributed by atoms with van der Waals surface area (Å²) in [5.74, 6) is 1.61. The highest BCUT2D eigenvalue weighted by atomic mass is 16.5. The first kappa shape index (κ1) is 14.8. The molecular weight excluding hydrogens is 220 g/mol. The van der Waals surface area contributed by atoms with Gasteiger partial charge in [-0.2, -0.15) is 0 Å². The van der Waals surface area contributed by atoms with Gasteiger partial charge in [0, 0.05) is 0 Å². The molecule has 0 radical (unpaired) electrons. The number of rotatable bonds is 7. The summed E-state index contributed by atoms with van der Waals surface area (Å²) in [6, 6.07) is 6.53. The average Bonchev–Trinajstić information content (AvgIpc) is 2.37. The fourth-order valence-electron chi connectivity index (χ4n) is 2.18. The largest absolute Gasteiger partial charge is 0.494 e. The lowest BCUT2D eigenvalue weighted by atomic mass is 9.95. The van der Waals surface area contributed by atoms with Crippen molar-refractivity contribution in [2.75, 3.05) is 6.61 Å². The van der Waals surface area contributed by atoms with Crippen LogP contribution in [0.15, 0.2) is 30.4 Å². The molecule has 0 aromatic heterocycles. The summed E-state index contributed by atoms with van der Waals surface area (Å²) >= 11 is 0. The van der Waals surface area contributed by atoms with Crippen LogP contribution in [0.1, 0.15) is 45.2 Å². The van der Waals surface area contributed by atoms with Crippen LogP contribution in [0.2, 0.25) is 0 Å². The van der Waals surface area contributed by atoms with Crippen LogP contribution in [0.25, 0.3) is 0 Å². The molecule has 0 aliphatic heterocycles. The molecule has 0 fully saturated rings. The Morgan fingerprint density at radius 1 is 1.22 bits per heavy atom. The molecule has 0 bridgehead atoms. The number of hydrogen-bond donors (Lipinski definition) is 0. The minimum absolute atomic E-state index is 0.600. The second-order valence-corrected chi connectivity index (χ2v) is 4.84. The van der Waals surface area contributed by atoms with E-state index in [2.05, 4.69) is 58.0 Å². The van der Waals surface area contributed by atoms with Gasteiger partial charge in [0.2, 0.25) is 0 Å². The quantitative estimate of drug-likeness (QED) is 0.628. The molecule has 1 heteroatoms. The molecule has 100 valence electrons. The first-order valence-electron chi connectivity index (χ1n) is 7.08. The van der Waals surface area contributed by atoms with E-state index in [9.17, 15) is 0 Å². The third-order valence-electron chi connectivity index (χ3n) is 3.09. The number of ether oxygens (including phenoxy) is 1. The van der Waals surface area contributed by atoms with Gasteiger partial charge in [-0.15, -0.1) is 0 Å². The van der Waals surface area contributed by atoms with Gasteiger partial charge in [-0.05, 0) is 55.4 Å². The molecule has 0 aliphatic carbocycles. The Morgan fingerprint density at radius 2 is 2.00 bits per heavy atom. The van der Waals surface area contributed by atoms with Gasteiger partial charge < -0.3 is 4.74 Å². The summed E-state index contributed by atoms with van der Waals surface area (Å²) in [6.45, 7) is 9.49. The van der Waals surface area contributed by atoms with E-state index in [-0.39, 0.29) is 0 Å². The first-order chi connectivity index (χ1) is 8.71. The van der Waals surface area contributed by atoms with Gasteiger partial charge in [0.15, 0.2) is 0 Å². The molecule has 0 amide bonds. The van der Waals surface area contributed by atoms with Crippen molar-refractivity contribution < 1.29 is 4.74 Å². The lowest BCUT2D eigenvalue weighted by Crippen LogP contribution is -2.02. The van der Waals surface area contributed by atoms with E-state index < -0.39 is 0 Å². The summed E-state index contributed by atoms with van der Waals surface area (Å²) in [7, 11) is 0. The predicted molar refractivity (Wildman–Crippen MR) is 79.3 cm³/mol. The smallest absolute Gasteiger partial charge is 0.119 e.